The lowest BCUT2D eigenvalue weighted by atomic mass is 9.97. The van der Waals surface area contributed by atoms with Gasteiger partial charge >= 0.3 is 35.8 Å². The summed E-state index contributed by atoms with van der Waals surface area (Å²) < 4.78 is 56.7. The first kappa shape index (κ1) is 54.3. The second-order valence-electron chi connectivity index (χ2n) is 15.1. The van der Waals surface area contributed by atoms with Crippen LogP contribution in [0.2, 0.25) is 0 Å². The summed E-state index contributed by atoms with van der Waals surface area (Å²) in [4.78, 5) is 102. The van der Waals surface area contributed by atoms with Crippen LogP contribution < -0.4 is 10.6 Å². The molecule has 1 aromatic rings. The van der Waals surface area contributed by atoms with Crippen LogP contribution in [0.5, 0.6) is 0 Å². The maximum Gasteiger partial charge on any atom is 0.303 e. The molecule has 66 heavy (non-hydrogen) atoms. The average molecular weight is 929 g/mol. The van der Waals surface area contributed by atoms with E-state index in [1.807, 2.05) is 0 Å². The zero-order valence-corrected chi connectivity index (χ0v) is 38.5. The highest BCUT2D eigenvalue weighted by Gasteiger charge is 2.56. The van der Waals surface area contributed by atoms with Crippen molar-refractivity contribution in [1.29, 1.82) is 0 Å². The number of carbonyl (C=O) groups excluding carboxylic acids is 8. The fourth-order valence-electron chi connectivity index (χ4n) is 6.94. The maximum atomic E-state index is 14.0. The van der Waals surface area contributed by atoms with Crippen LogP contribution in [0.1, 0.15) is 107 Å². The Morgan fingerprint density at radius 2 is 0.758 bits per heavy atom. The van der Waals surface area contributed by atoms with E-state index in [0.29, 0.717) is 25.7 Å². The van der Waals surface area contributed by atoms with E-state index in [2.05, 4.69) is 34.3 Å². The topological polar surface area (TPSA) is 253 Å². The van der Waals surface area contributed by atoms with Crippen molar-refractivity contribution in [3.8, 4) is 23.7 Å². The van der Waals surface area contributed by atoms with Gasteiger partial charge in [-0.2, -0.15) is 0 Å². The standard InChI is InChI=1S/C46H60N2O18/c1-9-11-13-15-17-19-25-57-45-41(63-31(7)53)37(61-29(5)51)35(59-27(3)49)39(65-45)43(55)47-33-21-23-34(24-22-33)48-44(56)40-36(60-28(4)50)38(62-30(6)52)42(64-32(8)54)46(66-40)58-26-20-18-16-14-12-10-2/h21-24,35-42,45-46H,13-20,25-26H2,1-8H3,(H,47,55)(H,48,56). The summed E-state index contributed by atoms with van der Waals surface area (Å²) in [6, 6.07) is 5.62. The summed E-state index contributed by atoms with van der Waals surface area (Å²) in [6.45, 7) is 10.2. The second-order valence-corrected chi connectivity index (χ2v) is 15.1. The molecule has 2 fully saturated rings. The number of carbonyl (C=O) groups is 8. The Labute approximate surface area is 384 Å². The molecule has 20 heteroatoms. The summed E-state index contributed by atoms with van der Waals surface area (Å²) in [5.41, 5.74) is 0.311. The largest absolute Gasteiger partial charge is 0.455 e. The zero-order chi connectivity index (χ0) is 48.8. The lowest BCUT2D eigenvalue weighted by Gasteiger charge is -2.43. The summed E-state index contributed by atoms with van der Waals surface area (Å²) >= 11 is 0. The third-order valence-corrected chi connectivity index (χ3v) is 9.55. The van der Waals surface area contributed by atoms with Gasteiger partial charge in [0, 0.05) is 79.0 Å². The Morgan fingerprint density at radius 3 is 1.06 bits per heavy atom. The lowest BCUT2D eigenvalue weighted by Crippen LogP contribution is -2.64. The highest BCUT2D eigenvalue weighted by atomic mass is 16.7. The van der Waals surface area contributed by atoms with Crippen molar-refractivity contribution >= 4 is 59.0 Å². The van der Waals surface area contributed by atoms with Crippen LogP contribution in [0.25, 0.3) is 0 Å². The van der Waals surface area contributed by atoms with Crippen molar-refractivity contribution in [3.05, 3.63) is 24.3 Å². The smallest absolute Gasteiger partial charge is 0.303 e. The van der Waals surface area contributed by atoms with Crippen LogP contribution in [0, 0.1) is 23.7 Å². The number of anilines is 2. The quantitative estimate of drug-likeness (QED) is 0.0726. The van der Waals surface area contributed by atoms with Crippen molar-refractivity contribution in [2.75, 3.05) is 23.8 Å². The van der Waals surface area contributed by atoms with Crippen LogP contribution in [-0.4, -0.2) is 122 Å². The molecule has 0 bridgehead atoms. The molecule has 0 aliphatic carbocycles. The molecule has 2 saturated heterocycles. The van der Waals surface area contributed by atoms with E-state index in [4.69, 9.17) is 47.4 Å². The van der Waals surface area contributed by atoms with Crippen LogP contribution in [-0.2, 0) is 85.7 Å². The molecule has 0 aromatic heterocycles. The molecule has 3 rings (SSSR count). The number of amides is 2. The number of benzene rings is 1. The summed E-state index contributed by atoms with van der Waals surface area (Å²) in [5, 5.41) is 5.28. The minimum atomic E-state index is -1.66. The lowest BCUT2D eigenvalue weighted by molar-refractivity contribution is -0.297. The molecule has 2 amide bonds. The van der Waals surface area contributed by atoms with Crippen molar-refractivity contribution in [3.63, 3.8) is 0 Å². The number of ether oxygens (including phenoxy) is 10. The first-order valence-corrected chi connectivity index (χ1v) is 21.5. The van der Waals surface area contributed by atoms with Crippen molar-refractivity contribution in [2.45, 2.75) is 168 Å². The molecule has 1 aromatic carbocycles. The van der Waals surface area contributed by atoms with E-state index in [0.717, 1.165) is 67.2 Å². The minimum Gasteiger partial charge on any atom is -0.455 e. The minimum absolute atomic E-state index is 0.0997. The Hall–Kier alpha value is -6.06. The van der Waals surface area contributed by atoms with E-state index in [9.17, 15) is 38.4 Å². The predicted octanol–water partition coefficient (Wildman–Crippen LogP) is 3.80. The molecule has 10 unspecified atom stereocenters. The molecule has 20 nitrogen and oxygen atoms in total. The third-order valence-electron chi connectivity index (χ3n) is 9.55. The van der Waals surface area contributed by atoms with Crippen LogP contribution in [0.15, 0.2) is 24.3 Å². The molecular weight excluding hydrogens is 869 g/mol. The van der Waals surface area contributed by atoms with Gasteiger partial charge in [0.1, 0.15) is 0 Å². The fraction of sp³-hybridized carbons (Fsp3) is 0.609. The fourth-order valence-corrected chi connectivity index (χ4v) is 6.94. The zero-order valence-electron chi connectivity index (χ0n) is 38.5. The number of esters is 6. The Bertz CT molecular complexity index is 1830. The van der Waals surface area contributed by atoms with E-state index in [1.165, 1.54) is 24.3 Å². The Balaban J connectivity index is 1.87. The van der Waals surface area contributed by atoms with Gasteiger partial charge in [-0.3, -0.25) is 38.4 Å². The number of hydrogen-bond acceptors (Lipinski definition) is 18. The first-order chi connectivity index (χ1) is 31.4. The molecule has 0 saturated carbocycles. The van der Waals surface area contributed by atoms with E-state index >= 15 is 0 Å². The maximum absolute atomic E-state index is 14.0. The molecule has 362 valence electrons. The van der Waals surface area contributed by atoms with Crippen LogP contribution in [0.3, 0.4) is 0 Å². The number of rotatable bonds is 22. The first-order valence-electron chi connectivity index (χ1n) is 21.5. The second kappa shape index (κ2) is 28.1. The van der Waals surface area contributed by atoms with Gasteiger partial charge in [-0.1, -0.05) is 12.8 Å². The van der Waals surface area contributed by atoms with Crippen molar-refractivity contribution in [1.82, 2.24) is 0 Å². The summed E-state index contributed by atoms with van der Waals surface area (Å²) in [7, 11) is 0. The van der Waals surface area contributed by atoms with Gasteiger partial charge in [0.15, 0.2) is 61.4 Å². The van der Waals surface area contributed by atoms with Gasteiger partial charge in [-0.05, 0) is 63.8 Å². The summed E-state index contributed by atoms with van der Waals surface area (Å²) in [5.74, 6) is 4.91. The van der Waals surface area contributed by atoms with Crippen LogP contribution >= 0.6 is 0 Å². The van der Waals surface area contributed by atoms with Gasteiger partial charge in [0.05, 0.1) is 0 Å². The number of nitrogens with one attached hydrogen (secondary N) is 2. The molecular formula is C46H60N2O18. The van der Waals surface area contributed by atoms with E-state index in [1.54, 1.807) is 13.8 Å². The van der Waals surface area contributed by atoms with Gasteiger partial charge in [0.25, 0.3) is 11.8 Å². The summed E-state index contributed by atoms with van der Waals surface area (Å²) in [6.07, 6.45) is -9.79. The molecule has 0 radical (unpaired) electrons. The SMILES string of the molecule is CC#CCCCCCOC1OC(C(=O)Nc2ccc(NC(=O)C3OC(OCCCCCC#CC)C(OC(C)=O)C(OC(C)=O)C3OC(C)=O)cc2)C(OC(C)=O)C(OC(C)=O)C1OC(C)=O. The highest BCUT2D eigenvalue weighted by molar-refractivity contribution is 5.97. The third kappa shape index (κ3) is 18.1. The van der Waals surface area contributed by atoms with Crippen LogP contribution in [0.4, 0.5) is 11.4 Å². The van der Waals surface area contributed by atoms with Gasteiger partial charge in [-0.15, -0.1) is 23.7 Å². The van der Waals surface area contributed by atoms with Crippen molar-refractivity contribution < 1.29 is 85.7 Å². The highest BCUT2D eigenvalue weighted by Crippen LogP contribution is 2.33. The van der Waals surface area contributed by atoms with Gasteiger partial charge in [-0.25, -0.2) is 0 Å². The Kier molecular flexibility index (Phi) is 23.1. The molecule has 2 aliphatic heterocycles. The monoisotopic (exact) mass is 928 g/mol. The average Bonchev–Trinajstić information content (AvgIpc) is 3.23. The van der Waals surface area contributed by atoms with E-state index in [-0.39, 0.29) is 24.6 Å². The normalized spacial score (nSPS) is 24.3. The van der Waals surface area contributed by atoms with Crippen molar-refractivity contribution in [2.24, 2.45) is 0 Å². The molecule has 2 N–H and O–H groups in total. The molecule has 0 spiro atoms. The van der Waals surface area contributed by atoms with E-state index < -0.39 is 109 Å². The molecule has 2 aliphatic rings. The molecule has 10 atom stereocenters. The number of unbranched alkanes of at least 4 members (excludes halogenated alkanes) is 6. The predicted molar refractivity (Wildman–Crippen MR) is 230 cm³/mol. The Morgan fingerprint density at radius 1 is 0.455 bits per heavy atom. The number of hydrogen-bond donors (Lipinski definition) is 2. The molecule has 2 heterocycles. The van der Waals surface area contributed by atoms with Gasteiger partial charge in [0.2, 0.25) is 0 Å². The van der Waals surface area contributed by atoms with Gasteiger partial charge < -0.3 is 58.0 Å².